The maximum Gasteiger partial charge on any atom is 0.236 e. The first-order valence-corrected chi connectivity index (χ1v) is 10.2. The molecule has 2 aliphatic heterocycles. The van der Waals surface area contributed by atoms with E-state index in [1.54, 1.807) is 12.1 Å². The second-order valence-electron chi connectivity index (χ2n) is 8.11. The van der Waals surface area contributed by atoms with Crippen molar-refractivity contribution in [2.24, 2.45) is 0 Å². The van der Waals surface area contributed by atoms with Gasteiger partial charge in [0, 0.05) is 32.2 Å². The van der Waals surface area contributed by atoms with Gasteiger partial charge in [-0.2, -0.15) is 0 Å². The summed E-state index contributed by atoms with van der Waals surface area (Å²) in [5, 5.41) is 3.11. The van der Waals surface area contributed by atoms with E-state index in [4.69, 9.17) is 0 Å². The van der Waals surface area contributed by atoms with E-state index in [2.05, 4.69) is 5.32 Å². The van der Waals surface area contributed by atoms with Gasteiger partial charge in [-0.25, -0.2) is 4.39 Å². The fourth-order valence-electron chi connectivity index (χ4n) is 5.08. The number of halogens is 2. The maximum atomic E-state index is 13.6. The highest BCUT2D eigenvalue weighted by Crippen LogP contribution is 2.43. The average molecular weight is 410 g/mol. The number of hydrogen-bond donors (Lipinski definition) is 1. The molecule has 1 aromatic carbocycles. The third-order valence-electron chi connectivity index (χ3n) is 6.51. The highest BCUT2D eigenvalue weighted by molar-refractivity contribution is 5.89. The third-order valence-corrected chi connectivity index (χ3v) is 6.51. The first kappa shape index (κ1) is 21.1. The number of carbonyl (C=O) groups excluding carboxylic acids is 2. The van der Waals surface area contributed by atoms with Gasteiger partial charge in [-0.05, 0) is 43.4 Å². The molecule has 1 atom stereocenters. The third kappa shape index (κ3) is 3.90. The highest BCUT2D eigenvalue weighted by atomic mass is 35.5. The summed E-state index contributed by atoms with van der Waals surface area (Å²) in [6, 6.07) is 6.59. The van der Waals surface area contributed by atoms with Crippen molar-refractivity contribution in [2.75, 3.05) is 32.7 Å². The smallest absolute Gasteiger partial charge is 0.236 e. The zero-order valence-corrected chi connectivity index (χ0v) is 17.0. The number of amides is 2. The van der Waals surface area contributed by atoms with Crippen LogP contribution in [0.5, 0.6) is 0 Å². The van der Waals surface area contributed by atoms with Gasteiger partial charge in [0.1, 0.15) is 5.82 Å². The molecule has 1 N–H and O–H groups in total. The zero-order chi connectivity index (χ0) is 18.9. The van der Waals surface area contributed by atoms with Gasteiger partial charge in [0.05, 0.1) is 12.0 Å². The molecule has 0 bridgehead atoms. The van der Waals surface area contributed by atoms with Crippen LogP contribution in [0.3, 0.4) is 0 Å². The summed E-state index contributed by atoms with van der Waals surface area (Å²) in [7, 11) is 0. The van der Waals surface area contributed by atoms with Gasteiger partial charge in [-0.15, -0.1) is 12.4 Å². The Morgan fingerprint density at radius 3 is 2.50 bits per heavy atom. The molecule has 2 saturated heterocycles. The maximum absolute atomic E-state index is 13.6. The van der Waals surface area contributed by atoms with Gasteiger partial charge < -0.3 is 15.1 Å². The Morgan fingerprint density at radius 1 is 1.11 bits per heavy atom. The van der Waals surface area contributed by atoms with Crippen LogP contribution >= 0.6 is 12.4 Å². The van der Waals surface area contributed by atoms with Crippen molar-refractivity contribution in [3.05, 3.63) is 35.6 Å². The lowest BCUT2D eigenvalue weighted by Gasteiger charge is -2.43. The molecule has 1 aromatic rings. The van der Waals surface area contributed by atoms with E-state index in [0.29, 0.717) is 19.6 Å². The first-order chi connectivity index (χ1) is 13.1. The molecule has 7 heteroatoms. The van der Waals surface area contributed by atoms with Crippen LogP contribution in [0.2, 0.25) is 0 Å². The summed E-state index contributed by atoms with van der Waals surface area (Å²) < 4.78 is 13.4. The number of benzene rings is 1. The normalized spacial score (nSPS) is 24.8. The van der Waals surface area contributed by atoms with Crippen LogP contribution in [0.4, 0.5) is 4.39 Å². The number of likely N-dealkylation sites (tertiary alicyclic amines) is 1. The average Bonchev–Trinajstić information content (AvgIpc) is 3.19. The van der Waals surface area contributed by atoms with Crippen LogP contribution in [-0.2, 0) is 15.0 Å². The molecule has 0 spiro atoms. The van der Waals surface area contributed by atoms with Crippen molar-refractivity contribution in [2.45, 2.75) is 50.0 Å². The lowest BCUT2D eigenvalue weighted by molar-refractivity contribution is -0.143. The largest absolute Gasteiger partial charge is 0.340 e. The molecule has 5 nitrogen and oxygen atoms in total. The summed E-state index contributed by atoms with van der Waals surface area (Å²) in [6.45, 7) is 3.29. The molecule has 1 unspecified atom stereocenters. The van der Waals surface area contributed by atoms with E-state index in [0.717, 1.165) is 57.2 Å². The number of piperidine rings is 1. The van der Waals surface area contributed by atoms with E-state index >= 15 is 0 Å². The van der Waals surface area contributed by atoms with Crippen molar-refractivity contribution in [1.82, 2.24) is 15.1 Å². The Bertz CT molecular complexity index is 706. The van der Waals surface area contributed by atoms with Crippen LogP contribution in [0.1, 0.15) is 44.1 Å². The molecule has 1 aliphatic carbocycles. The Balaban J connectivity index is 0.00000225. The van der Waals surface area contributed by atoms with Gasteiger partial charge in [0.2, 0.25) is 11.8 Å². The number of carbonyl (C=O) groups is 2. The van der Waals surface area contributed by atoms with Crippen LogP contribution < -0.4 is 5.32 Å². The molecule has 154 valence electrons. The second kappa shape index (κ2) is 8.78. The summed E-state index contributed by atoms with van der Waals surface area (Å²) in [5.74, 6) is 0.0307. The SMILES string of the molecule is Cl.O=C1CNCCN1C1CCCN(C(=O)C2(c3ccc(F)cc3)CCCC2)C1. The fraction of sp³-hybridized carbons (Fsp3) is 0.619. The Kier molecular flexibility index (Phi) is 6.61. The second-order valence-corrected chi connectivity index (χ2v) is 8.11. The van der Waals surface area contributed by atoms with Crippen LogP contribution in [0, 0.1) is 5.82 Å². The summed E-state index contributed by atoms with van der Waals surface area (Å²) in [5.41, 5.74) is 0.412. The molecule has 3 aliphatic rings. The predicted octanol–water partition coefficient (Wildman–Crippen LogP) is 2.48. The van der Waals surface area contributed by atoms with Crippen LogP contribution in [-0.4, -0.2) is 60.4 Å². The summed E-state index contributed by atoms with van der Waals surface area (Å²) in [6.07, 6.45) is 5.58. The van der Waals surface area contributed by atoms with E-state index in [-0.39, 0.29) is 36.1 Å². The number of nitrogens with one attached hydrogen (secondary N) is 1. The fourth-order valence-corrected chi connectivity index (χ4v) is 5.08. The minimum absolute atomic E-state index is 0. The van der Waals surface area contributed by atoms with Gasteiger partial charge in [0.15, 0.2) is 0 Å². The Hall–Kier alpha value is -1.66. The highest BCUT2D eigenvalue weighted by Gasteiger charge is 2.46. The summed E-state index contributed by atoms with van der Waals surface area (Å²) >= 11 is 0. The molecule has 28 heavy (non-hydrogen) atoms. The molecule has 1 saturated carbocycles. The number of nitrogens with zero attached hydrogens (tertiary/aromatic N) is 2. The van der Waals surface area contributed by atoms with Gasteiger partial charge >= 0.3 is 0 Å². The lowest BCUT2D eigenvalue weighted by atomic mass is 9.77. The van der Waals surface area contributed by atoms with E-state index in [1.165, 1.54) is 12.1 Å². The zero-order valence-electron chi connectivity index (χ0n) is 16.2. The van der Waals surface area contributed by atoms with Crippen LogP contribution in [0.25, 0.3) is 0 Å². The first-order valence-electron chi connectivity index (χ1n) is 10.2. The molecular weight excluding hydrogens is 381 g/mol. The minimum Gasteiger partial charge on any atom is -0.340 e. The van der Waals surface area contributed by atoms with Gasteiger partial charge in [0.25, 0.3) is 0 Å². The van der Waals surface area contributed by atoms with Crippen molar-refractivity contribution in [3.63, 3.8) is 0 Å². The Labute approximate surface area is 172 Å². The Morgan fingerprint density at radius 2 is 1.82 bits per heavy atom. The quantitative estimate of drug-likeness (QED) is 0.834. The van der Waals surface area contributed by atoms with E-state index in [9.17, 15) is 14.0 Å². The monoisotopic (exact) mass is 409 g/mol. The molecule has 0 radical (unpaired) electrons. The van der Waals surface area contributed by atoms with E-state index in [1.807, 2.05) is 9.80 Å². The number of piperazine rings is 1. The van der Waals surface area contributed by atoms with E-state index < -0.39 is 5.41 Å². The molecule has 4 rings (SSSR count). The van der Waals surface area contributed by atoms with Crippen molar-refractivity contribution in [1.29, 1.82) is 0 Å². The molecular formula is C21H29ClFN3O2. The predicted molar refractivity (Wildman–Crippen MR) is 108 cm³/mol. The minimum atomic E-state index is -0.525. The van der Waals surface area contributed by atoms with Crippen LogP contribution in [0.15, 0.2) is 24.3 Å². The standard InChI is InChI=1S/C21H28FN3O2.ClH/c22-17-7-5-16(6-8-17)21(9-1-2-10-21)20(27)24-12-3-4-18(15-24)25-13-11-23-14-19(25)26;/h5-8,18,23H,1-4,9-15H2;1H. The van der Waals surface area contributed by atoms with Gasteiger partial charge in [-0.1, -0.05) is 25.0 Å². The summed E-state index contributed by atoms with van der Waals surface area (Å²) in [4.78, 5) is 29.8. The number of hydrogen-bond acceptors (Lipinski definition) is 3. The molecule has 2 amide bonds. The lowest BCUT2D eigenvalue weighted by Crippen LogP contribution is -2.59. The van der Waals surface area contributed by atoms with Crippen molar-refractivity contribution >= 4 is 24.2 Å². The number of rotatable bonds is 3. The van der Waals surface area contributed by atoms with Crippen molar-refractivity contribution in [3.8, 4) is 0 Å². The molecule has 2 heterocycles. The van der Waals surface area contributed by atoms with Crippen molar-refractivity contribution < 1.29 is 14.0 Å². The van der Waals surface area contributed by atoms with Gasteiger partial charge in [-0.3, -0.25) is 9.59 Å². The molecule has 0 aromatic heterocycles. The topological polar surface area (TPSA) is 52.7 Å². The molecule has 3 fully saturated rings.